The predicted molar refractivity (Wildman–Crippen MR) is 88.3 cm³/mol. The van der Waals surface area contributed by atoms with E-state index in [0.29, 0.717) is 0 Å². The second-order valence-electron chi connectivity index (χ2n) is 4.61. The SMILES string of the molecule is Cc1ccc(S(=O)(=O)NCCNc2nccc(C#N)c2[N+](=O)[O-])s1. The first kappa shape index (κ1) is 17.8. The number of sulfonamides is 1. The number of hydrogen-bond donors (Lipinski definition) is 2. The summed E-state index contributed by atoms with van der Waals surface area (Å²) in [6.45, 7) is 1.89. The van der Waals surface area contributed by atoms with E-state index in [0.717, 1.165) is 16.2 Å². The first-order valence-electron chi connectivity index (χ1n) is 6.68. The Balaban J connectivity index is 2.01. The molecule has 0 fully saturated rings. The fourth-order valence-corrected chi connectivity index (χ4v) is 4.21. The van der Waals surface area contributed by atoms with E-state index in [1.807, 2.05) is 0 Å². The molecule has 0 unspecified atom stereocenters. The lowest BCUT2D eigenvalue weighted by atomic mass is 10.2. The molecule has 0 atom stereocenters. The van der Waals surface area contributed by atoms with Crippen molar-refractivity contribution >= 4 is 32.9 Å². The van der Waals surface area contributed by atoms with Crippen molar-refractivity contribution in [2.24, 2.45) is 0 Å². The van der Waals surface area contributed by atoms with Crippen LogP contribution in [0.2, 0.25) is 0 Å². The Morgan fingerprint density at radius 1 is 1.38 bits per heavy atom. The average molecular weight is 367 g/mol. The number of pyridine rings is 1. The van der Waals surface area contributed by atoms with Gasteiger partial charge in [-0.05, 0) is 25.1 Å². The van der Waals surface area contributed by atoms with E-state index in [9.17, 15) is 18.5 Å². The summed E-state index contributed by atoms with van der Waals surface area (Å²) in [5.41, 5.74) is -0.552. The Morgan fingerprint density at radius 2 is 2.12 bits per heavy atom. The average Bonchev–Trinajstić information content (AvgIpc) is 2.98. The minimum absolute atomic E-state index is 0.00883. The number of thiophene rings is 1. The second kappa shape index (κ2) is 7.35. The minimum atomic E-state index is -3.61. The Hall–Kier alpha value is -2.55. The molecule has 0 amide bonds. The minimum Gasteiger partial charge on any atom is -0.363 e. The third-order valence-electron chi connectivity index (χ3n) is 2.92. The van der Waals surface area contributed by atoms with Crippen LogP contribution in [0.25, 0.3) is 0 Å². The molecular weight excluding hydrogens is 354 g/mol. The van der Waals surface area contributed by atoms with Gasteiger partial charge in [0.2, 0.25) is 15.8 Å². The lowest BCUT2D eigenvalue weighted by Gasteiger charge is -2.08. The Bertz CT molecular complexity index is 901. The Kier molecular flexibility index (Phi) is 5.45. The van der Waals surface area contributed by atoms with Gasteiger partial charge in [-0.25, -0.2) is 18.1 Å². The number of aryl methyl sites for hydroxylation is 1. The van der Waals surface area contributed by atoms with E-state index in [1.54, 1.807) is 19.1 Å². The fourth-order valence-electron chi connectivity index (χ4n) is 1.85. The van der Waals surface area contributed by atoms with Gasteiger partial charge in [0, 0.05) is 24.2 Å². The number of nitro groups is 1. The van der Waals surface area contributed by atoms with Crippen molar-refractivity contribution in [2.75, 3.05) is 18.4 Å². The number of hydrogen-bond acceptors (Lipinski definition) is 8. The first-order chi connectivity index (χ1) is 11.3. The second-order valence-corrected chi connectivity index (χ2v) is 7.90. The smallest absolute Gasteiger partial charge is 0.328 e. The summed E-state index contributed by atoms with van der Waals surface area (Å²) in [6, 6.07) is 6.18. The van der Waals surface area contributed by atoms with Gasteiger partial charge in [-0.3, -0.25) is 10.1 Å². The quantitative estimate of drug-likeness (QED) is 0.431. The van der Waals surface area contributed by atoms with Gasteiger partial charge in [0.15, 0.2) is 0 Å². The zero-order valence-corrected chi connectivity index (χ0v) is 14.1. The van der Waals surface area contributed by atoms with Gasteiger partial charge >= 0.3 is 5.69 Å². The number of aromatic nitrogens is 1. The maximum absolute atomic E-state index is 12.0. The topological polar surface area (TPSA) is 138 Å². The number of nitrogens with one attached hydrogen (secondary N) is 2. The molecule has 2 aromatic heterocycles. The van der Waals surface area contributed by atoms with E-state index >= 15 is 0 Å². The lowest BCUT2D eigenvalue weighted by Crippen LogP contribution is -2.28. The molecule has 2 N–H and O–H groups in total. The summed E-state index contributed by atoms with van der Waals surface area (Å²) in [5, 5.41) is 22.6. The van der Waals surface area contributed by atoms with Crippen LogP contribution in [-0.2, 0) is 10.0 Å². The standard InChI is InChI=1S/C13H13N5O4S2/c1-9-2-3-11(23-9)24(21,22)17-7-6-16-13-12(18(19)20)10(8-14)4-5-15-13/h2-5,17H,6-7H2,1H3,(H,15,16). The first-order valence-corrected chi connectivity index (χ1v) is 8.98. The molecule has 0 saturated heterocycles. The zero-order valence-electron chi connectivity index (χ0n) is 12.5. The van der Waals surface area contributed by atoms with Gasteiger partial charge in [-0.1, -0.05) is 0 Å². The molecule has 0 aliphatic rings. The Morgan fingerprint density at radius 3 is 2.71 bits per heavy atom. The van der Waals surface area contributed by atoms with Crippen LogP contribution in [0.1, 0.15) is 10.4 Å². The Labute approximate surface area is 142 Å². The van der Waals surface area contributed by atoms with Crippen molar-refractivity contribution in [3.05, 3.63) is 45.0 Å². The van der Waals surface area contributed by atoms with Crippen LogP contribution in [-0.4, -0.2) is 31.4 Å². The molecule has 0 radical (unpaired) electrons. The van der Waals surface area contributed by atoms with Gasteiger partial charge in [-0.2, -0.15) is 5.26 Å². The van der Waals surface area contributed by atoms with Gasteiger partial charge in [0.1, 0.15) is 15.8 Å². The third-order valence-corrected chi connectivity index (χ3v) is 5.87. The number of nitriles is 1. The maximum atomic E-state index is 12.0. The molecule has 9 nitrogen and oxygen atoms in total. The highest BCUT2D eigenvalue weighted by Crippen LogP contribution is 2.25. The lowest BCUT2D eigenvalue weighted by molar-refractivity contribution is -0.384. The molecule has 0 aromatic carbocycles. The van der Waals surface area contributed by atoms with Crippen LogP contribution >= 0.6 is 11.3 Å². The van der Waals surface area contributed by atoms with Crippen molar-refractivity contribution < 1.29 is 13.3 Å². The van der Waals surface area contributed by atoms with Crippen molar-refractivity contribution in [3.8, 4) is 6.07 Å². The van der Waals surface area contributed by atoms with Crippen molar-refractivity contribution in [3.63, 3.8) is 0 Å². The fraction of sp³-hybridized carbons (Fsp3) is 0.231. The molecule has 2 heterocycles. The van der Waals surface area contributed by atoms with E-state index < -0.39 is 20.6 Å². The number of rotatable bonds is 7. The van der Waals surface area contributed by atoms with Crippen LogP contribution in [0.5, 0.6) is 0 Å². The summed E-state index contributed by atoms with van der Waals surface area (Å²) in [7, 11) is -3.61. The molecule has 24 heavy (non-hydrogen) atoms. The molecule has 0 bridgehead atoms. The van der Waals surface area contributed by atoms with E-state index in [2.05, 4.69) is 15.0 Å². The van der Waals surface area contributed by atoms with Gasteiger partial charge in [0.05, 0.1) is 4.92 Å². The van der Waals surface area contributed by atoms with Crippen molar-refractivity contribution in [1.82, 2.24) is 9.71 Å². The molecule has 126 valence electrons. The summed E-state index contributed by atoms with van der Waals surface area (Å²) in [6.07, 6.45) is 1.27. The summed E-state index contributed by atoms with van der Waals surface area (Å²) in [5.74, 6) is -0.0785. The van der Waals surface area contributed by atoms with E-state index in [1.165, 1.54) is 18.3 Å². The van der Waals surface area contributed by atoms with Crippen molar-refractivity contribution in [1.29, 1.82) is 5.26 Å². The third kappa shape index (κ3) is 4.05. The van der Waals surface area contributed by atoms with Crippen LogP contribution in [0.4, 0.5) is 11.5 Å². The zero-order chi connectivity index (χ0) is 17.7. The van der Waals surface area contributed by atoms with E-state index in [4.69, 9.17) is 5.26 Å². The molecular formula is C13H13N5O4S2. The monoisotopic (exact) mass is 367 g/mol. The highest BCUT2D eigenvalue weighted by Gasteiger charge is 2.21. The summed E-state index contributed by atoms with van der Waals surface area (Å²) < 4.78 is 26.7. The highest BCUT2D eigenvalue weighted by molar-refractivity contribution is 7.91. The molecule has 11 heteroatoms. The van der Waals surface area contributed by atoms with Gasteiger partial charge in [-0.15, -0.1) is 11.3 Å². The highest BCUT2D eigenvalue weighted by atomic mass is 32.2. The largest absolute Gasteiger partial charge is 0.363 e. The molecule has 0 aliphatic carbocycles. The number of anilines is 1. The van der Waals surface area contributed by atoms with Gasteiger partial charge < -0.3 is 5.32 Å². The molecule has 0 saturated carbocycles. The van der Waals surface area contributed by atoms with E-state index in [-0.39, 0.29) is 28.7 Å². The van der Waals surface area contributed by atoms with Crippen LogP contribution in [0, 0.1) is 28.4 Å². The normalized spacial score (nSPS) is 11.0. The molecule has 0 spiro atoms. The maximum Gasteiger partial charge on any atom is 0.328 e. The predicted octanol–water partition coefficient (Wildman–Crippen LogP) is 1.62. The summed E-state index contributed by atoms with van der Waals surface area (Å²) in [4.78, 5) is 15.0. The molecule has 2 rings (SSSR count). The molecule has 0 aliphatic heterocycles. The number of nitrogens with zero attached hydrogens (tertiary/aromatic N) is 3. The summed E-state index contributed by atoms with van der Waals surface area (Å²) >= 11 is 1.15. The van der Waals surface area contributed by atoms with Gasteiger partial charge in [0.25, 0.3) is 0 Å². The van der Waals surface area contributed by atoms with Crippen LogP contribution in [0.15, 0.2) is 28.6 Å². The van der Waals surface area contributed by atoms with Crippen LogP contribution < -0.4 is 10.0 Å². The van der Waals surface area contributed by atoms with Crippen molar-refractivity contribution in [2.45, 2.75) is 11.1 Å². The van der Waals surface area contributed by atoms with Crippen LogP contribution in [0.3, 0.4) is 0 Å². The molecule has 2 aromatic rings.